The Morgan fingerprint density at radius 2 is 1.97 bits per heavy atom. The summed E-state index contributed by atoms with van der Waals surface area (Å²) in [7, 11) is -4.05. The first kappa shape index (κ1) is 28.5. The summed E-state index contributed by atoms with van der Waals surface area (Å²) in [5, 5.41) is 14.0. The maximum Gasteiger partial charge on any atom is 0.407 e. The minimum Gasteiger partial charge on any atom is -0.444 e. The number of anilines is 1. The number of carbonyl (C=O) groups is 1. The topological polar surface area (TPSA) is 161 Å². The summed E-state index contributed by atoms with van der Waals surface area (Å²) in [5.41, 5.74) is 8.78. The van der Waals surface area contributed by atoms with Crippen LogP contribution in [0.1, 0.15) is 24.3 Å². The van der Waals surface area contributed by atoms with Gasteiger partial charge in [0.05, 0.1) is 27.4 Å². The van der Waals surface area contributed by atoms with Gasteiger partial charge >= 0.3 is 6.09 Å². The molecule has 4 rings (SSSR count). The fraction of sp³-hybridized carbons (Fsp3) is 0.346. The molecule has 39 heavy (non-hydrogen) atoms. The monoisotopic (exact) mass is 573 g/mol. The van der Waals surface area contributed by atoms with Gasteiger partial charge in [-0.3, -0.25) is 4.98 Å². The number of sulfonamides is 1. The number of ether oxygens (including phenoxy) is 1. The molecule has 2 heterocycles. The molecule has 0 aliphatic heterocycles. The van der Waals surface area contributed by atoms with Gasteiger partial charge in [-0.2, -0.15) is 9.29 Å². The molecule has 2 unspecified atom stereocenters. The normalized spacial score (nSPS) is 13.6. The first-order valence-corrected chi connectivity index (χ1v) is 14.6. The third-order valence-corrected chi connectivity index (χ3v) is 8.45. The molecule has 0 aliphatic rings. The number of hydrogen-bond donors (Lipinski definition) is 3. The van der Waals surface area contributed by atoms with Crippen LogP contribution in [-0.4, -0.2) is 59.1 Å². The van der Waals surface area contributed by atoms with Crippen LogP contribution in [0.4, 0.5) is 10.8 Å². The number of oxazole rings is 1. The Bertz CT molecular complexity index is 1480. The van der Waals surface area contributed by atoms with E-state index >= 15 is 0 Å². The third kappa shape index (κ3) is 7.53. The highest BCUT2D eigenvalue weighted by Crippen LogP contribution is 2.25. The molecule has 1 amide bonds. The number of amides is 1. The van der Waals surface area contributed by atoms with Crippen LogP contribution in [0.25, 0.3) is 11.1 Å². The van der Waals surface area contributed by atoms with Crippen molar-refractivity contribution in [3.63, 3.8) is 0 Å². The number of nitrogens with two attached hydrogens (primary N) is 1. The maximum absolute atomic E-state index is 13.7. The van der Waals surface area contributed by atoms with E-state index in [2.05, 4.69) is 15.3 Å². The number of aliphatic hydroxyl groups is 1. The van der Waals surface area contributed by atoms with Crippen LogP contribution in [-0.2, 0) is 27.8 Å². The molecule has 13 heteroatoms. The van der Waals surface area contributed by atoms with Crippen LogP contribution in [0.2, 0.25) is 0 Å². The maximum atomic E-state index is 13.7. The standard InChI is InChI=1S/C26H31N5O6S2/c1-17(2)13-31(39(34,35)20-8-9-21-24(11-20)37-25(27)29-21)14-23(32)22(10-18-6-4-3-5-7-18)30-26(33)36-15-19-12-28-16-38-19/h3-9,11-12,16-17,22-23,32H,10,13-15H2,1-2H3,(H2,27,29)(H,30,33). The third-order valence-electron chi connectivity index (χ3n) is 5.87. The predicted octanol–water partition coefficient (Wildman–Crippen LogP) is 3.41. The van der Waals surface area contributed by atoms with Gasteiger partial charge in [0.2, 0.25) is 10.0 Å². The van der Waals surface area contributed by atoms with Crippen molar-refractivity contribution in [3.05, 3.63) is 70.7 Å². The number of alkyl carbamates (subject to hydrolysis) is 1. The van der Waals surface area contributed by atoms with Crippen LogP contribution in [0.15, 0.2) is 69.6 Å². The van der Waals surface area contributed by atoms with E-state index in [9.17, 15) is 18.3 Å². The van der Waals surface area contributed by atoms with E-state index in [1.807, 2.05) is 44.2 Å². The summed E-state index contributed by atoms with van der Waals surface area (Å²) in [6.07, 6.45) is -0.112. The summed E-state index contributed by atoms with van der Waals surface area (Å²) in [6.45, 7) is 3.68. The van der Waals surface area contributed by atoms with Gasteiger partial charge in [0.1, 0.15) is 12.1 Å². The first-order chi connectivity index (χ1) is 18.6. The van der Waals surface area contributed by atoms with Crippen molar-refractivity contribution in [2.75, 3.05) is 18.8 Å². The van der Waals surface area contributed by atoms with Gasteiger partial charge in [0.25, 0.3) is 6.01 Å². The number of aliphatic hydroxyl groups excluding tert-OH is 1. The summed E-state index contributed by atoms with van der Waals surface area (Å²) in [6, 6.07) is 12.7. The summed E-state index contributed by atoms with van der Waals surface area (Å²) < 4.78 is 39.2. The Morgan fingerprint density at radius 3 is 2.67 bits per heavy atom. The molecule has 2 aromatic carbocycles. The molecule has 0 saturated carbocycles. The molecule has 0 bridgehead atoms. The van der Waals surface area contributed by atoms with Crippen molar-refractivity contribution in [2.45, 2.75) is 43.9 Å². The second-order valence-electron chi connectivity index (χ2n) is 9.45. The lowest BCUT2D eigenvalue weighted by Crippen LogP contribution is -2.51. The minimum atomic E-state index is -4.05. The van der Waals surface area contributed by atoms with Crippen LogP contribution < -0.4 is 11.1 Å². The lowest BCUT2D eigenvalue weighted by Gasteiger charge is -2.30. The Balaban J connectivity index is 1.55. The van der Waals surface area contributed by atoms with Gasteiger partial charge in [-0.25, -0.2) is 13.2 Å². The summed E-state index contributed by atoms with van der Waals surface area (Å²) in [4.78, 5) is 21.3. The smallest absolute Gasteiger partial charge is 0.407 e. The molecule has 0 aliphatic carbocycles. The fourth-order valence-electron chi connectivity index (χ4n) is 4.04. The number of nitrogens with zero attached hydrogens (tertiary/aromatic N) is 3. The van der Waals surface area contributed by atoms with Gasteiger partial charge in [-0.1, -0.05) is 44.2 Å². The number of nitrogen functional groups attached to an aromatic ring is 1. The zero-order valence-electron chi connectivity index (χ0n) is 21.6. The minimum absolute atomic E-state index is 0.0180. The molecule has 2 aromatic heterocycles. The predicted molar refractivity (Wildman–Crippen MR) is 147 cm³/mol. The number of aromatic nitrogens is 2. The van der Waals surface area contributed by atoms with Gasteiger partial charge < -0.3 is 25.3 Å². The van der Waals surface area contributed by atoms with Gasteiger partial charge in [-0.15, -0.1) is 11.3 Å². The fourth-order valence-corrected chi connectivity index (χ4v) is 6.18. The second-order valence-corrected chi connectivity index (χ2v) is 12.4. The molecule has 0 fully saturated rings. The molecule has 11 nitrogen and oxygen atoms in total. The Morgan fingerprint density at radius 1 is 1.21 bits per heavy atom. The van der Waals surface area contributed by atoms with E-state index < -0.39 is 28.3 Å². The molecular formula is C26H31N5O6S2. The van der Waals surface area contributed by atoms with Crippen molar-refractivity contribution in [1.29, 1.82) is 0 Å². The van der Waals surface area contributed by atoms with Crippen molar-refractivity contribution in [3.8, 4) is 0 Å². The highest BCUT2D eigenvalue weighted by atomic mass is 32.2. The summed E-state index contributed by atoms with van der Waals surface area (Å²) >= 11 is 1.35. The number of carbonyl (C=O) groups excluding carboxylic acids is 1. The molecule has 0 spiro atoms. The number of benzene rings is 2. The zero-order valence-corrected chi connectivity index (χ0v) is 23.2. The second kappa shape index (κ2) is 12.6. The highest BCUT2D eigenvalue weighted by Gasteiger charge is 2.32. The Hall–Kier alpha value is -3.52. The van der Waals surface area contributed by atoms with Crippen LogP contribution in [0.3, 0.4) is 0 Å². The van der Waals surface area contributed by atoms with Crippen LogP contribution in [0.5, 0.6) is 0 Å². The summed E-state index contributed by atoms with van der Waals surface area (Å²) in [5.74, 6) is -0.0402. The quantitative estimate of drug-likeness (QED) is 0.231. The lowest BCUT2D eigenvalue weighted by molar-refractivity contribution is 0.0876. The molecule has 4 N–H and O–H groups in total. The molecule has 0 radical (unpaired) electrons. The molecule has 208 valence electrons. The molecule has 2 atom stereocenters. The Kier molecular flexibility index (Phi) is 9.17. The number of fused-ring (bicyclic) bond motifs is 1. The van der Waals surface area contributed by atoms with E-state index in [-0.39, 0.29) is 48.5 Å². The first-order valence-electron chi connectivity index (χ1n) is 12.3. The van der Waals surface area contributed by atoms with E-state index in [4.69, 9.17) is 14.9 Å². The number of hydrogen-bond acceptors (Lipinski definition) is 10. The molecular weight excluding hydrogens is 542 g/mol. The number of nitrogens with one attached hydrogen (secondary N) is 1. The average Bonchev–Trinajstić information content (AvgIpc) is 3.55. The average molecular weight is 574 g/mol. The van der Waals surface area contributed by atoms with E-state index in [0.717, 1.165) is 10.4 Å². The van der Waals surface area contributed by atoms with Crippen LogP contribution in [0, 0.1) is 5.92 Å². The van der Waals surface area contributed by atoms with Crippen molar-refractivity contribution < 1.29 is 27.5 Å². The number of thiazole rings is 1. The molecule has 0 saturated heterocycles. The number of rotatable bonds is 12. The van der Waals surface area contributed by atoms with E-state index in [1.54, 1.807) is 11.7 Å². The highest BCUT2D eigenvalue weighted by molar-refractivity contribution is 7.89. The van der Waals surface area contributed by atoms with Gasteiger partial charge in [-0.05, 0) is 30.0 Å². The SMILES string of the molecule is CC(C)CN(CC(O)C(Cc1ccccc1)NC(=O)OCc1cncs1)S(=O)(=O)c1ccc2nc(N)oc2c1. The van der Waals surface area contributed by atoms with Crippen LogP contribution >= 0.6 is 11.3 Å². The van der Waals surface area contributed by atoms with Crippen molar-refractivity contribution >= 4 is 44.6 Å². The van der Waals surface area contributed by atoms with Gasteiger partial charge in [0.15, 0.2) is 5.58 Å². The zero-order chi connectivity index (χ0) is 28.0. The van der Waals surface area contributed by atoms with Crippen molar-refractivity contribution in [2.24, 2.45) is 5.92 Å². The molecule has 4 aromatic rings. The largest absolute Gasteiger partial charge is 0.444 e. The Labute approximate surface area is 230 Å². The lowest BCUT2D eigenvalue weighted by atomic mass is 10.0. The van der Waals surface area contributed by atoms with Crippen molar-refractivity contribution in [1.82, 2.24) is 19.6 Å². The van der Waals surface area contributed by atoms with Gasteiger partial charge in [0, 0.05) is 25.4 Å². The van der Waals surface area contributed by atoms with E-state index in [1.165, 1.54) is 33.8 Å². The van der Waals surface area contributed by atoms with E-state index in [0.29, 0.717) is 5.52 Å².